The molecule has 4 nitrogen and oxygen atoms in total. The Morgan fingerprint density at radius 1 is 0.481 bits per heavy atom. The summed E-state index contributed by atoms with van der Waals surface area (Å²) in [6.45, 7) is 17.8. The number of hydrogen-bond acceptors (Lipinski definition) is 6. The van der Waals surface area contributed by atoms with Gasteiger partial charge in [-0.2, -0.15) is 0 Å². The molecule has 0 radical (unpaired) electrons. The van der Waals surface area contributed by atoms with Crippen LogP contribution in [0.3, 0.4) is 0 Å². The summed E-state index contributed by atoms with van der Waals surface area (Å²) in [6.07, 6.45) is 19.4. The molecule has 0 aliphatic heterocycles. The molecule has 0 fully saturated rings. The second-order valence-corrected chi connectivity index (χ2v) is 20.9. The molecule has 0 unspecified atom stereocenters. The molecule has 0 saturated carbocycles. The van der Waals surface area contributed by atoms with Crippen molar-refractivity contribution in [1.82, 2.24) is 9.13 Å². The molecule has 54 heavy (non-hydrogen) atoms. The third-order valence-corrected chi connectivity index (χ3v) is 14.1. The standard InChI is InChI=1S/C46H64N2O2S4/c1-11-13-15-17-19-21-23-53-32-26-36-42(40(28-32)54-24-22-20-18-16-14-12-2)48(46(6,7)8)38-30-33-37(29-34(38)44(36)50)47(45(3,4)5)41-35(43(33)49)25-31(51-9)27-39(41)52-10/h25-30H,11-24H2,1-10H3. The van der Waals surface area contributed by atoms with Crippen molar-refractivity contribution in [2.45, 2.75) is 163 Å². The fourth-order valence-electron chi connectivity index (χ4n) is 7.81. The van der Waals surface area contributed by atoms with Crippen LogP contribution in [0, 0.1) is 0 Å². The zero-order chi connectivity index (χ0) is 39.2. The summed E-state index contributed by atoms with van der Waals surface area (Å²) in [5.74, 6) is 2.09. The fourth-order valence-corrected chi connectivity index (χ4v) is 11.2. The summed E-state index contributed by atoms with van der Waals surface area (Å²) < 4.78 is 4.69. The number of unbranched alkanes of at least 4 members (excludes halogenated alkanes) is 10. The van der Waals surface area contributed by atoms with Gasteiger partial charge in [0, 0.05) is 52.2 Å². The highest BCUT2D eigenvalue weighted by Crippen LogP contribution is 2.40. The second kappa shape index (κ2) is 19.0. The number of fused-ring (bicyclic) bond motifs is 4. The smallest absolute Gasteiger partial charge is 0.197 e. The van der Waals surface area contributed by atoms with Crippen LogP contribution in [0.5, 0.6) is 0 Å². The van der Waals surface area contributed by atoms with Crippen LogP contribution in [0.1, 0.15) is 132 Å². The van der Waals surface area contributed by atoms with Crippen LogP contribution in [0.15, 0.2) is 65.6 Å². The van der Waals surface area contributed by atoms with Gasteiger partial charge in [-0.15, -0.1) is 47.0 Å². The van der Waals surface area contributed by atoms with E-state index in [0.717, 1.165) is 54.1 Å². The molecule has 3 aromatic carbocycles. The van der Waals surface area contributed by atoms with Gasteiger partial charge in [0.2, 0.25) is 0 Å². The van der Waals surface area contributed by atoms with Gasteiger partial charge in [0.25, 0.3) is 0 Å². The van der Waals surface area contributed by atoms with E-state index in [0.29, 0.717) is 10.8 Å². The van der Waals surface area contributed by atoms with Gasteiger partial charge in [0.15, 0.2) is 10.9 Å². The molecule has 0 spiro atoms. The van der Waals surface area contributed by atoms with Crippen LogP contribution in [-0.4, -0.2) is 33.2 Å². The molecule has 0 bridgehead atoms. The first-order valence-corrected chi connectivity index (χ1v) is 24.8. The molecule has 0 atom stereocenters. The Morgan fingerprint density at radius 2 is 0.907 bits per heavy atom. The maximum absolute atomic E-state index is 15.1. The Kier molecular flexibility index (Phi) is 15.1. The first-order chi connectivity index (χ1) is 25.8. The lowest BCUT2D eigenvalue weighted by Gasteiger charge is -2.31. The van der Waals surface area contributed by atoms with Crippen molar-refractivity contribution in [3.8, 4) is 0 Å². The van der Waals surface area contributed by atoms with Crippen molar-refractivity contribution in [3.63, 3.8) is 0 Å². The van der Waals surface area contributed by atoms with Crippen molar-refractivity contribution < 1.29 is 0 Å². The average molecular weight is 805 g/mol. The van der Waals surface area contributed by atoms with E-state index in [2.05, 4.69) is 107 Å². The SMILES string of the molecule is CCCCCCCCSc1cc(SCCCCCCCC)c2c(c1)c(=O)c1cc3c(cc1n2C(C)(C)C)c(=O)c1cc(SC)cc(SC)c1n3C(C)(C)C. The first kappa shape index (κ1) is 43.1. The van der Waals surface area contributed by atoms with Gasteiger partial charge in [-0.1, -0.05) is 78.1 Å². The van der Waals surface area contributed by atoms with E-state index in [-0.39, 0.29) is 21.9 Å². The topological polar surface area (TPSA) is 44.0 Å². The minimum Gasteiger partial charge on any atom is -0.334 e. The van der Waals surface area contributed by atoms with Gasteiger partial charge in [0.05, 0.1) is 22.1 Å². The molecule has 2 aromatic heterocycles. The van der Waals surface area contributed by atoms with Crippen molar-refractivity contribution in [2.75, 3.05) is 24.0 Å². The summed E-state index contributed by atoms with van der Waals surface area (Å²) in [4.78, 5) is 34.3. The Labute approximate surface area is 341 Å². The van der Waals surface area contributed by atoms with E-state index in [1.54, 1.807) is 23.5 Å². The largest absolute Gasteiger partial charge is 0.334 e. The average Bonchev–Trinajstić information content (AvgIpc) is 3.12. The second-order valence-electron chi connectivity index (χ2n) is 16.8. The fraction of sp³-hybridized carbons (Fsp3) is 0.565. The normalized spacial score (nSPS) is 12.6. The Balaban J connectivity index is 1.79. The number of thioether (sulfide) groups is 4. The third-order valence-electron chi connectivity index (χ3n) is 10.4. The third kappa shape index (κ3) is 9.57. The van der Waals surface area contributed by atoms with Gasteiger partial charge in [-0.3, -0.25) is 9.59 Å². The number of nitrogens with zero attached hydrogens (tertiary/aromatic N) is 2. The first-order valence-electron chi connectivity index (χ1n) is 20.3. The van der Waals surface area contributed by atoms with Crippen molar-refractivity contribution in [2.24, 2.45) is 0 Å². The van der Waals surface area contributed by atoms with Crippen molar-refractivity contribution >= 4 is 90.7 Å². The zero-order valence-electron chi connectivity index (χ0n) is 34.7. The quantitative estimate of drug-likeness (QED) is 0.0499. The molecule has 8 heteroatoms. The van der Waals surface area contributed by atoms with E-state index >= 15 is 4.79 Å². The van der Waals surface area contributed by atoms with Crippen LogP contribution in [-0.2, 0) is 11.1 Å². The van der Waals surface area contributed by atoms with Gasteiger partial charge in [-0.05, 0) is 115 Å². The summed E-state index contributed by atoms with van der Waals surface area (Å²) in [7, 11) is 0. The van der Waals surface area contributed by atoms with E-state index in [1.165, 1.54) is 86.8 Å². The molecule has 5 rings (SSSR count). The van der Waals surface area contributed by atoms with E-state index < -0.39 is 0 Å². The summed E-state index contributed by atoms with van der Waals surface area (Å²) in [5, 5.41) is 2.87. The van der Waals surface area contributed by atoms with Crippen LogP contribution in [0.2, 0.25) is 0 Å². The molecule has 0 N–H and O–H groups in total. The van der Waals surface area contributed by atoms with Gasteiger partial charge < -0.3 is 9.13 Å². The van der Waals surface area contributed by atoms with Crippen LogP contribution >= 0.6 is 47.0 Å². The number of pyridine rings is 2. The van der Waals surface area contributed by atoms with E-state index in [4.69, 9.17) is 0 Å². The lowest BCUT2D eigenvalue weighted by atomic mass is 9.98. The molecular formula is C46H64N2O2S4. The maximum atomic E-state index is 15.1. The van der Waals surface area contributed by atoms with Gasteiger partial charge >= 0.3 is 0 Å². The lowest BCUT2D eigenvalue weighted by molar-refractivity contribution is 0.418. The number of rotatable bonds is 18. The zero-order valence-corrected chi connectivity index (χ0v) is 38.0. The van der Waals surface area contributed by atoms with Crippen LogP contribution in [0.25, 0.3) is 43.6 Å². The summed E-state index contributed by atoms with van der Waals surface area (Å²) in [6, 6.07) is 12.9. The highest BCUT2D eigenvalue weighted by atomic mass is 32.2. The Morgan fingerprint density at radius 3 is 1.37 bits per heavy atom. The number of aromatic nitrogens is 2. The molecule has 0 aliphatic carbocycles. The van der Waals surface area contributed by atoms with Crippen LogP contribution in [0.4, 0.5) is 0 Å². The molecular weight excluding hydrogens is 741 g/mol. The number of hydrogen-bond donors (Lipinski definition) is 0. The van der Waals surface area contributed by atoms with Gasteiger partial charge in [0.1, 0.15) is 0 Å². The predicted octanol–water partition coefficient (Wildman–Crippen LogP) is 14.5. The molecule has 0 amide bonds. The monoisotopic (exact) mass is 804 g/mol. The highest BCUT2D eigenvalue weighted by molar-refractivity contribution is 8.00. The molecule has 294 valence electrons. The highest BCUT2D eigenvalue weighted by Gasteiger charge is 2.27. The summed E-state index contributed by atoms with van der Waals surface area (Å²) in [5.41, 5.74) is 3.01. The van der Waals surface area contributed by atoms with Crippen molar-refractivity contribution in [3.05, 3.63) is 56.8 Å². The molecule has 0 saturated heterocycles. The number of benzene rings is 3. The Bertz CT molecular complexity index is 2200. The minimum atomic E-state index is -0.349. The van der Waals surface area contributed by atoms with Crippen LogP contribution < -0.4 is 10.9 Å². The maximum Gasteiger partial charge on any atom is 0.197 e. The lowest BCUT2D eigenvalue weighted by Crippen LogP contribution is -2.28. The Hall–Kier alpha value is -2.00. The predicted molar refractivity (Wildman–Crippen MR) is 247 cm³/mol. The van der Waals surface area contributed by atoms with Crippen molar-refractivity contribution in [1.29, 1.82) is 0 Å². The summed E-state index contributed by atoms with van der Waals surface area (Å²) >= 11 is 7.15. The van der Waals surface area contributed by atoms with Gasteiger partial charge in [-0.25, -0.2) is 0 Å². The molecule has 2 heterocycles. The van der Waals surface area contributed by atoms with E-state index in [1.807, 2.05) is 29.6 Å². The minimum absolute atomic E-state index is 0.0284. The molecule has 5 aromatic rings. The molecule has 0 aliphatic rings. The van der Waals surface area contributed by atoms with E-state index in [9.17, 15) is 4.79 Å².